The first-order chi connectivity index (χ1) is 9.04. The Balaban J connectivity index is 2.53. The first kappa shape index (κ1) is 13.4. The van der Waals surface area contributed by atoms with Crippen LogP contribution in [0.2, 0.25) is 5.02 Å². The molecule has 2 N–H and O–H groups in total. The molecule has 1 atom stereocenters. The van der Waals surface area contributed by atoms with E-state index in [1.165, 1.54) is 13.3 Å². The number of nitrogens with zero attached hydrogens (tertiary/aromatic N) is 1. The molecule has 0 spiro atoms. The molecule has 2 amide bonds. The fourth-order valence-corrected chi connectivity index (χ4v) is 2.16. The van der Waals surface area contributed by atoms with Gasteiger partial charge in [0.15, 0.2) is 0 Å². The van der Waals surface area contributed by atoms with Gasteiger partial charge in [0.05, 0.1) is 23.7 Å². The second-order valence-electron chi connectivity index (χ2n) is 3.96. The van der Waals surface area contributed by atoms with Gasteiger partial charge >= 0.3 is 12.0 Å². The van der Waals surface area contributed by atoms with Crippen molar-refractivity contribution in [2.75, 3.05) is 7.11 Å². The van der Waals surface area contributed by atoms with Gasteiger partial charge in [0.2, 0.25) is 0 Å². The smallest absolute Gasteiger partial charge is 0.337 e. The molecule has 19 heavy (non-hydrogen) atoms. The van der Waals surface area contributed by atoms with Crippen LogP contribution in [0.5, 0.6) is 0 Å². The van der Waals surface area contributed by atoms with Gasteiger partial charge in [-0.3, -0.25) is 4.98 Å². The Morgan fingerprint density at radius 2 is 2.26 bits per heavy atom. The van der Waals surface area contributed by atoms with E-state index in [2.05, 4.69) is 15.6 Å². The third-order valence-corrected chi connectivity index (χ3v) is 3.11. The number of carbonyl (C=O) groups is 2. The van der Waals surface area contributed by atoms with E-state index < -0.39 is 18.0 Å². The number of hydrogen-bond acceptors (Lipinski definition) is 4. The molecule has 0 saturated heterocycles. The van der Waals surface area contributed by atoms with Crippen LogP contribution in [0.3, 0.4) is 0 Å². The first-order valence-electron chi connectivity index (χ1n) is 5.50. The predicted molar refractivity (Wildman–Crippen MR) is 68.4 cm³/mol. The Morgan fingerprint density at radius 3 is 2.89 bits per heavy atom. The summed E-state index contributed by atoms with van der Waals surface area (Å²) >= 11 is 6.06. The van der Waals surface area contributed by atoms with Crippen LogP contribution in [-0.4, -0.2) is 24.1 Å². The molecule has 2 rings (SSSR count). The van der Waals surface area contributed by atoms with Crippen molar-refractivity contribution in [3.05, 3.63) is 40.3 Å². The van der Waals surface area contributed by atoms with Gasteiger partial charge in [-0.25, -0.2) is 9.59 Å². The van der Waals surface area contributed by atoms with Crippen molar-refractivity contribution in [1.29, 1.82) is 0 Å². The van der Waals surface area contributed by atoms with E-state index in [4.69, 9.17) is 16.3 Å². The molecule has 2 heterocycles. The van der Waals surface area contributed by atoms with E-state index >= 15 is 0 Å². The molecule has 1 aliphatic rings. The number of methoxy groups -OCH3 is 1. The van der Waals surface area contributed by atoms with Crippen molar-refractivity contribution in [2.24, 2.45) is 0 Å². The molecule has 1 aromatic heterocycles. The van der Waals surface area contributed by atoms with Crippen molar-refractivity contribution < 1.29 is 14.3 Å². The number of allylic oxidation sites excluding steroid dienone is 1. The Kier molecular flexibility index (Phi) is 3.71. The van der Waals surface area contributed by atoms with Gasteiger partial charge in [0.1, 0.15) is 0 Å². The molecule has 0 saturated carbocycles. The van der Waals surface area contributed by atoms with Crippen LogP contribution in [0.4, 0.5) is 4.79 Å². The van der Waals surface area contributed by atoms with Gasteiger partial charge in [0.25, 0.3) is 0 Å². The maximum Gasteiger partial charge on any atom is 0.337 e. The molecule has 0 aliphatic carbocycles. The topological polar surface area (TPSA) is 80.3 Å². The average Bonchev–Trinajstić information content (AvgIpc) is 2.37. The van der Waals surface area contributed by atoms with Crippen LogP contribution in [0.1, 0.15) is 18.5 Å². The van der Waals surface area contributed by atoms with Crippen LogP contribution in [0.15, 0.2) is 29.7 Å². The molecule has 0 aromatic carbocycles. The number of nitrogens with one attached hydrogen (secondary N) is 2. The van der Waals surface area contributed by atoms with Crippen LogP contribution >= 0.6 is 11.6 Å². The van der Waals surface area contributed by atoms with Gasteiger partial charge in [-0.05, 0) is 13.0 Å². The second kappa shape index (κ2) is 5.27. The number of aromatic nitrogens is 1. The molecular weight excluding hydrogens is 270 g/mol. The van der Waals surface area contributed by atoms with Gasteiger partial charge in [-0.1, -0.05) is 11.6 Å². The van der Waals surface area contributed by atoms with Crippen molar-refractivity contribution in [2.45, 2.75) is 13.0 Å². The summed E-state index contributed by atoms with van der Waals surface area (Å²) in [4.78, 5) is 27.3. The Bertz CT molecular complexity index is 571. The SMILES string of the molecule is COC(=O)C1=C(C)NC(=O)NC1c1ccncc1Cl. The molecule has 1 aromatic rings. The molecule has 1 unspecified atom stereocenters. The minimum atomic E-state index is -0.656. The summed E-state index contributed by atoms with van der Waals surface area (Å²) in [5.41, 5.74) is 1.34. The van der Waals surface area contributed by atoms with E-state index in [9.17, 15) is 9.59 Å². The number of hydrogen-bond donors (Lipinski definition) is 2. The fourth-order valence-electron chi connectivity index (χ4n) is 1.93. The number of rotatable bonds is 2. The number of esters is 1. The van der Waals surface area contributed by atoms with Gasteiger partial charge in [-0.2, -0.15) is 0 Å². The molecule has 0 fully saturated rings. The minimum absolute atomic E-state index is 0.315. The number of halogens is 1. The maximum atomic E-state index is 11.8. The summed E-state index contributed by atoms with van der Waals surface area (Å²) in [6.45, 7) is 1.63. The Labute approximate surface area is 114 Å². The number of ether oxygens (including phenoxy) is 1. The van der Waals surface area contributed by atoms with Crippen molar-refractivity contribution in [3.8, 4) is 0 Å². The zero-order chi connectivity index (χ0) is 14.0. The third kappa shape index (κ3) is 2.53. The molecular formula is C12H12ClN3O3. The van der Waals surface area contributed by atoms with E-state index in [1.54, 1.807) is 19.2 Å². The highest BCUT2D eigenvalue weighted by Crippen LogP contribution is 2.31. The summed E-state index contributed by atoms with van der Waals surface area (Å²) in [5, 5.41) is 5.55. The highest BCUT2D eigenvalue weighted by Gasteiger charge is 2.32. The summed E-state index contributed by atoms with van der Waals surface area (Å²) in [6, 6.07) is 0.592. The lowest BCUT2D eigenvalue weighted by molar-refractivity contribution is -0.136. The summed E-state index contributed by atoms with van der Waals surface area (Å²) in [5.74, 6) is -0.525. The molecule has 100 valence electrons. The monoisotopic (exact) mass is 281 g/mol. The number of pyridine rings is 1. The molecule has 1 aliphatic heterocycles. The zero-order valence-corrected chi connectivity index (χ0v) is 11.1. The standard InChI is InChI=1S/C12H12ClN3O3/c1-6-9(11(17)19-2)10(16-12(18)15-6)7-3-4-14-5-8(7)13/h3-5,10H,1-2H3,(H2,15,16,18). The van der Waals surface area contributed by atoms with Gasteiger partial charge in [-0.15, -0.1) is 0 Å². The molecule has 0 bridgehead atoms. The lowest BCUT2D eigenvalue weighted by Gasteiger charge is -2.28. The Morgan fingerprint density at radius 1 is 1.53 bits per heavy atom. The predicted octanol–water partition coefficient (Wildman–Crippen LogP) is 1.54. The number of carbonyl (C=O) groups excluding carboxylic acids is 2. The number of amides is 2. The summed E-state index contributed by atoms with van der Waals surface area (Å²) < 4.78 is 4.74. The van der Waals surface area contributed by atoms with Crippen molar-refractivity contribution >= 4 is 23.6 Å². The van der Waals surface area contributed by atoms with Crippen molar-refractivity contribution in [3.63, 3.8) is 0 Å². The quantitative estimate of drug-likeness (QED) is 0.806. The van der Waals surface area contributed by atoms with Crippen LogP contribution in [0, 0.1) is 0 Å². The maximum absolute atomic E-state index is 11.8. The highest BCUT2D eigenvalue weighted by molar-refractivity contribution is 6.31. The van der Waals surface area contributed by atoms with E-state index in [0.29, 0.717) is 21.9 Å². The lowest BCUT2D eigenvalue weighted by atomic mass is 9.96. The largest absolute Gasteiger partial charge is 0.466 e. The molecule has 7 heteroatoms. The highest BCUT2D eigenvalue weighted by atomic mass is 35.5. The third-order valence-electron chi connectivity index (χ3n) is 2.79. The first-order valence-corrected chi connectivity index (χ1v) is 5.88. The minimum Gasteiger partial charge on any atom is -0.466 e. The summed E-state index contributed by atoms with van der Waals surface area (Å²) in [7, 11) is 1.28. The van der Waals surface area contributed by atoms with Crippen LogP contribution in [0.25, 0.3) is 0 Å². The fraction of sp³-hybridized carbons (Fsp3) is 0.250. The van der Waals surface area contributed by atoms with Crippen LogP contribution < -0.4 is 10.6 Å². The second-order valence-corrected chi connectivity index (χ2v) is 4.37. The number of urea groups is 1. The van der Waals surface area contributed by atoms with E-state index in [-0.39, 0.29) is 0 Å². The van der Waals surface area contributed by atoms with E-state index in [0.717, 1.165) is 0 Å². The zero-order valence-electron chi connectivity index (χ0n) is 10.4. The average molecular weight is 282 g/mol. The Hall–Kier alpha value is -2.08. The molecule has 6 nitrogen and oxygen atoms in total. The van der Waals surface area contributed by atoms with E-state index in [1.807, 2.05) is 0 Å². The summed E-state index contributed by atoms with van der Waals surface area (Å²) in [6.07, 6.45) is 2.99. The van der Waals surface area contributed by atoms with Gasteiger partial charge in [0, 0.05) is 23.7 Å². The van der Waals surface area contributed by atoms with Crippen LogP contribution in [-0.2, 0) is 9.53 Å². The van der Waals surface area contributed by atoms with Crippen molar-refractivity contribution in [1.82, 2.24) is 15.6 Å². The normalized spacial score (nSPS) is 18.7. The van der Waals surface area contributed by atoms with Gasteiger partial charge < -0.3 is 15.4 Å². The molecule has 0 radical (unpaired) electrons. The lowest BCUT2D eigenvalue weighted by Crippen LogP contribution is -2.45.